The number of rotatable bonds is 14. The number of hydrogen-bond donors (Lipinski definition) is 2. The Bertz CT molecular complexity index is 876. The molecule has 0 saturated heterocycles. The number of hydrogen-bond acceptors (Lipinski definition) is 5. The summed E-state index contributed by atoms with van der Waals surface area (Å²) in [5, 5.41) is 9.42. The molecule has 0 aliphatic heterocycles. The molecule has 164 valence electrons. The van der Waals surface area contributed by atoms with Crippen LogP contribution in [0, 0.1) is 5.92 Å². The van der Waals surface area contributed by atoms with Crippen molar-refractivity contribution in [2.24, 2.45) is 5.92 Å². The first-order chi connectivity index (χ1) is 14.4. The highest BCUT2D eigenvalue weighted by molar-refractivity contribution is 7.89. The summed E-state index contributed by atoms with van der Waals surface area (Å²) in [4.78, 5) is 15.1. The number of carbonyl (C=O) groups is 1. The maximum atomic E-state index is 12.2. The molecule has 2 aromatic rings. The quantitative estimate of drug-likeness (QED) is 0.423. The molecule has 1 atom stereocenters. The van der Waals surface area contributed by atoms with Crippen LogP contribution in [0.15, 0.2) is 53.7 Å². The van der Waals surface area contributed by atoms with E-state index in [-0.39, 0.29) is 30.4 Å². The Balaban J connectivity index is 1.73. The van der Waals surface area contributed by atoms with E-state index in [2.05, 4.69) is 9.71 Å². The van der Waals surface area contributed by atoms with Gasteiger partial charge < -0.3 is 9.84 Å². The van der Waals surface area contributed by atoms with Crippen LogP contribution in [-0.4, -0.2) is 44.2 Å². The second-order valence-corrected chi connectivity index (χ2v) is 9.18. The molecule has 0 fully saturated rings. The van der Waals surface area contributed by atoms with Crippen molar-refractivity contribution in [1.82, 2.24) is 9.71 Å². The molecule has 0 aliphatic rings. The first-order valence-corrected chi connectivity index (χ1v) is 11.7. The first-order valence-electron chi connectivity index (χ1n) is 9.80. The standard InChI is InChI=1S/C21H27ClN2O5S/c22-19-7-9-20(10-8-19)30(27,28)24-13-14-29-16-18(6-11-21(25)26)4-1-3-17-5-2-12-23-15-17/h2,5,7-10,12,15,18,24H,1,3-4,6,11,13-14,16H2,(H,25,26). The largest absolute Gasteiger partial charge is 0.481 e. The maximum Gasteiger partial charge on any atom is 0.303 e. The van der Waals surface area contributed by atoms with Gasteiger partial charge in [-0.3, -0.25) is 9.78 Å². The number of aliphatic carboxylic acids is 1. The van der Waals surface area contributed by atoms with Crippen molar-refractivity contribution < 1.29 is 23.1 Å². The average Bonchev–Trinajstić information content (AvgIpc) is 2.72. The Hall–Kier alpha value is -2.00. The lowest BCUT2D eigenvalue weighted by molar-refractivity contribution is -0.137. The predicted octanol–water partition coefficient (Wildman–Crippen LogP) is 3.53. The van der Waals surface area contributed by atoms with Crippen LogP contribution >= 0.6 is 11.6 Å². The van der Waals surface area contributed by atoms with Crippen LogP contribution in [0.5, 0.6) is 0 Å². The molecule has 9 heteroatoms. The van der Waals surface area contributed by atoms with E-state index in [0.717, 1.165) is 24.8 Å². The highest BCUT2D eigenvalue weighted by Crippen LogP contribution is 2.17. The summed E-state index contributed by atoms with van der Waals surface area (Å²) in [5.74, 6) is -0.728. The summed E-state index contributed by atoms with van der Waals surface area (Å²) >= 11 is 5.78. The Labute approximate surface area is 182 Å². The lowest BCUT2D eigenvalue weighted by atomic mass is 9.96. The topological polar surface area (TPSA) is 106 Å². The van der Waals surface area contributed by atoms with Crippen molar-refractivity contribution in [3.05, 3.63) is 59.4 Å². The number of ether oxygens (including phenoxy) is 1. The van der Waals surface area contributed by atoms with E-state index < -0.39 is 16.0 Å². The van der Waals surface area contributed by atoms with Crippen molar-refractivity contribution in [2.45, 2.75) is 37.0 Å². The Kier molecular flexibility index (Phi) is 10.2. The molecule has 2 N–H and O–H groups in total. The number of aryl methyl sites for hydroxylation is 1. The molecule has 1 heterocycles. The summed E-state index contributed by atoms with van der Waals surface area (Å²) in [7, 11) is -3.62. The molecule has 0 bridgehead atoms. The second-order valence-electron chi connectivity index (χ2n) is 6.98. The van der Waals surface area contributed by atoms with Crippen LogP contribution < -0.4 is 4.72 Å². The summed E-state index contributed by atoms with van der Waals surface area (Å²) < 4.78 is 32.5. The highest BCUT2D eigenvalue weighted by Gasteiger charge is 2.14. The smallest absolute Gasteiger partial charge is 0.303 e. The summed E-state index contributed by atoms with van der Waals surface area (Å²) in [6.45, 7) is 0.730. The van der Waals surface area contributed by atoms with Gasteiger partial charge in [0.2, 0.25) is 10.0 Å². The number of carboxylic acid groups (broad SMARTS) is 1. The minimum absolute atomic E-state index is 0.0874. The highest BCUT2D eigenvalue weighted by atomic mass is 35.5. The van der Waals surface area contributed by atoms with E-state index in [1.54, 1.807) is 6.20 Å². The number of carboxylic acids is 1. The van der Waals surface area contributed by atoms with Gasteiger partial charge in [-0.05, 0) is 67.5 Å². The van der Waals surface area contributed by atoms with E-state index in [4.69, 9.17) is 21.4 Å². The molecule has 0 aliphatic carbocycles. The van der Waals surface area contributed by atoms with Gasteiger partial charge in [-0.25, -0.2) is 13.1 Å². The number of sulfonamides is 1. The summed E-state index contributed by atoms with van der Waals surface area (Å²) in [5.41, 5.74) is 1.15. The monoisotopic (exact) mass is 454 g/mol. The van der Waals surface area contributed by atoms with Crippen LogP contribution in [0.1, 0.15) is 31.2 Å². The van der Waals surface area contributed by atoms with Crippen molar-refractivity contribution >= 4 is 27.6 Å². The van der Waals surface area contributed by atoms with Gasteiger partial charge in [0, 0.05) is 37.0 Å². The average molecular weight is 455 g/mol. The number of nitrogens with zero attached hydrogens (tertiary/aromatic N) is 1. The zero-order valence-corrected chi connectivity index (χ0v) is 18.2. The molecule has 1 unspecified atom stereocenters. The van der Waals surface area contributed by atoms with Crippen molar-refractivity contribution in [3.8, 4) is 0 Å². The van der Waals surface area contributed by atoms with Crippen LogP contribution in [0.4, 0.5) is 0 Å². The number of pyridine rings is 1. The third-order valence-electron chi connectivity index (χ3n) is 4.58. The van der Waals surface area contributed by atoms with Gasteiger partial charge in [-0.2, -0.15) is 0 Å². The third kappa shape index (κ3) is 9.21. The molecular weight excluding hydrogens is 428 g/mol. The Morgan fingerprint density at radius 3 is 2.63 bits per heavy atom. The summed E-state index contributed by atoms with van der Waals surface area (Å²) in [6, 6.07) is 9.83. The lowest BCUT2D eigenvalue weighted by Crippen LogP contribution is -2.28. The number of nitrogens with one attached hydrogen (secondary N) is 1. The predicted molar refractivity (Wildman–Crippen MR) is 115 cm³/mol. The van der Waals surface area contributed by atoms with Crippen molar-refractivity contribution in [2.75, 3.05) is 19.8 Å². The molecule has 1 aromatic heterocycles. The maximum absolute atomic E-state index is 12.2. The zero-order chi connectivity index (χ0) is 21.8. The third-order valence-corrected chi connectivity index (χ3v) is 6.31. The fourth-order valence-corrected chi connectivity index (χ4v) is 4.11. The van der Waals surface area contributed by atoms with Gasteiger partial charge in [0.15, 0.2) is 0 Å². The molecule has 7 nitrogen and oxygen atoms in total. The normalized spacial score (nSPS) is 12.6. The van der Waals surface area contributed by atoms with Crippen LogP contribution in [0.2, 0.25) is 5.02 Å². The van der Waals surface area contributed by atoms with E-state index >= 15 is 0 Å². The molecule has 0 spiro atoms. The molecular formula is C21H27ClN2O5S. The van der Waals surface area contributed by atoms with E-state index in [1.165, 1.54) is 24.3 Å². The van der Waals surface area contributed by atoms with Gasteiger partial charge in [-0.1, -0.05) is 17.7 Å². The first kappa shape index (κ1) is 24.3. The number of aromatic nitrogens is 1. The van der Waals surface area contributed by atoms with Crippen molar-refractivity contribution in [3.63, 3.8) is 0 Å². The fraction of sp³-hybridized carbons (Fsp3) is 0.429. The van der Waals surface area contributed by atoms with Gasteiger partial charge in [0.25, 0.3) is 0 Å². The minimum Gasteiger partial charge on any atom is -0.481 e. The molecule has 0 amide bonds. The molecule has 0 saturated carbocycles. The van der Waals surface area contributed by atoms with Gasteiger partial charge in [0.05, 0.1) is 11.5 Å². The van der Waals surface area contributed by atoms with Crippen molar-refractivity contribution in [1.29, 1.82) is 0 Å². The van der Waals surface area contributed by atoms with E-state index in [1.807, 2.05) is 18.3 Å². The second kappa shape index (κ2) is 12.6. The molecule has 2 rings (SSSR count). The molecule has 1 aromatic carbocycles. The van der Waals surface area contributed by atoms with E-state index in [9.17, 15) is 13.2 Å². The van der Waals surface area contributed by atoms with Gasteiger partial charge >= 0.3 is 5.97 Å². The lowest BCUT2D eigenvalue weighted by Gasteiger charge is -2.16. The Morgan fingerprint density at radius 2 is 1.97 bits per heavy atom. The SMILES string of the molecule is O=C(O)CCC(CCCc1cccnc1)COCCNS(=O)(=O)c1ccc(Cl)cc1. The molecule has 30 heavy (non-hydrogen) atoms. The number of halogens is 1. The van der Waals surface area contributed by atoms with Crippen LogP contribution in [0.25, 0.3) is 0 Å². The van der Waals surface area contributed by atoms with Gasteiger partial charge in [0.1, 0.15) is 0 Å². The number of benzene rings is 1. The van der Waals surface area contributed by atoms with Gasteiger partial charge in [-0.15, -0.1) is 0 Å². The summed E-state index contributed by atoms with van der Waals surface area (Å²) in [6.07, 6.45) is 6.78. The zero-order valence-electron chi connectivity index (χ0n) is 16.7. The Morgan fingerprint density at radius 1 is 1.20 bits per heavy atom. The molecule has 0 radical (unpaired) electrons. The van der Waals surface area contributed by atoms with Crippen LogP contribution in [-0.2, 0) is 26.0 Å². The fourth-order valence-electron chi connectivity index (χ4n) is 2.97. The van der Waals surface area contributed by atoms with E-state index in [0.29, 0.717) is 18.1 Å². The minimum atomic E-state index is -3.62. The van der Waals surface area contributed by atoms with Crippen LogP contribution in [0.3, 0.4) is 0 Å².